The number of carbonyl (C=O) groups is 1. The molecule has 2 aromatic rings. The summed E-state index contributed by atoms with van der Waals surface area (Å²) in [5, 5.41) is 3.93. The maximum atomic E-state index is 10.7. The maximum Gasteiger partial charge on any atom is 0.190 e. The molecule has 0 aliphatic rings. The van der Waals surface area contributed by atoms with Crippen LogP contribution in [0, 0.1) is 6.92 Å². The Morgan fingerprint density at radius 3 is 2.86 bits per heavy atom. The van der Waals surface area contributed by atoms with Crippen LogP contribution in [-0.4, -0.2) is 13.3 Å². The lowest BCUT2D eigenvalue weighted by atomic mass is 10.1. The normalized spacial score (nSPS) is 10.4. The van der Waals surface area contributed by atoms with Crippen LogP contribution >= 0.6 is 0 Å². The first-order valence-electron chi connectivity index (χ1n) is 4.42. The molecule has 1 aromatic heterocycles. The molecule has 3 heteroatoms. The fraction of sp³-hybridized carbons (Fsp3) is 0.182. The second-order valence-corrected chi connectivity index (χ2v) is 3.21. The summed E-state index contributed by atoms with van der Waals surface area (Å²) in [7, 11) is 1.78. The van der Waals surface area contributed by atoms with E-state index in [0.29, 0.717) is 5.76 Å². The number of rotatable bonds is 2. The minimum Gasteiger partial charge on any atom is -0.451 e. The van der Waals surface area contributed by atoms with Crippen LogP contribution < -0.4 is 5.32 Å². The smallest absolute Gasteiger partial charge is 0.190 e. The number of nitrogens with one attached hydrogen (secondary N) is 1. The number of aryl methyl sites for hydroxylation is 1. The molecule has 1 N–H and O–H groups in total. The van der Waals surface area contributed by atoms with E-state index in [9.17, 15) is 4.79 Å². The van der Waals surface area contributed by atoms with Crippen molar-refractivity contribution in [2.75, 3.05) is 12.4 Å². The van der Waals surface area contributed by atoms with Gasteiger partial charge in [-0.15, -0.1) is 0 Å². The van der Waals surface area contributed by atoms with E-state index in [1.165, 1.54) is 0 Å². The molecule has 0 saturated heterocycles. The van der Waals surface area contributed by atoms with Crippen LogP contribution in [0.5, 0.6) is 0 Å². The van der Waals surface area contributed by atoms with Crippen LogP contribution in [0.4, 0.5) is 5.69 Å². The van der Waals surface area contributed by atoms with Crippen molar-refractivity contribution in [1.29, 1.82) is 0 Å². The van der Waals surface area contributed by atoms with E-state index in [-0.39, 0.29) is 0 Å². The lowest BCUT2D eigenvalue weighted by Crippen LogP contribution is -1.90. The van der Waals surface area contributed by atoms with Crippen molar-refractivity contribution in [1.82, 2.24) is 0 Å². The molecule has 0 saturated carbocycles. The summed E-state index contributed by atoms with van der Waals surface area (Å²) in [5.74, 6) is 0.355. The van der Waals surface area contributed by atoms with Gasteiger partial charge in [-0.2, -0.15) is 0 Å². The predicted molar refractivity (Wildman–Crippen MR) is 55.9 cm³/mol. The molecule has 2 rings (SSSR count). The number of benzene rings is 1. The summed E-state index contributed by atoms with van der Waals surface area (Å²) in [6.45, 7) is 2.01. The van der Waals surface area contributed by atoms with Gasteiger partial charge in [-0.1, -0.05) is 11.6 Å². The summed E-state index contributed by atoms with van der Waals surface area (Å²) < 4.78 is 5.36. The van der Waals surface area contributed by atoms with Gasteiger partial charge in [0.25, 0.3) is 0 Å². The highest BCUT2D eigenvalue weighted by Gasteiger charge is 2.11. The summed E-state index contributed by atoms with van der Waals surface area (Å²) in [4.78, 5) is 10.7. The minimum atomic E-state index is 0.355. The third-order valence-corrected chi connectivity index (χ3v) is 2.23. The summed E-state index contributed by atoms with van der Waals surface area (Å²) in [6.07, 6.45) is 0.723. The lowest BCUT2D eigenvalue weighted by Gasteiger charge is -1.96. The standard InChI is InChI=1S/C11H11NO2/c1-7-3-4-9-8(5-7)11(12-2)10(6-13)14-9/h3-6,12H,1-2H3. The zero-order valence-corrected chi connectivity index (χ0v) is 8.13. The van der Waals surface area contributed by atoms with E-state index >= 15 is 0 Å². The third-order valence-electron chi connectivity index (χ3n) is 2.23. The molecule has 0 fully saturated rings. The quantitative estimate of drug-likeness (QED) is 0.738. The number of furan rings is 1. The zero-order valence-electron chi connectivity index (χ0n) is 8.13. The number of carbonyl (C=O) groups excluding carboxylic acids is 1. The van der Waals surface area contributed by atoms with Gasteiger partial charge >= 0.3 is 0 Å². The van der Waals surface area contributed by atoms with Gasteiger partial charge in [0.2, 0.25) is 0 Å². The Balaban J connectivity index is 2.81. The van der Waals surface area contributed by atoms with Crippen LogP contribution in [0.2, 0.25) is 0 Å². The van der Waals surface area contributed by atoms with Gasteiger partial charge in [0.15, 0.2) is 12.0 Å². The fourth-order valence-electron chi connectivity index (χ4n) is 1.57. The van der Waals surface area contributed by atoms with Crippen LogP contribution in [0.15, 0.2) is 22.6 Å². The first-order chi connectivity index (χ1) is 6.76. The van der Waals surface area contributed by atoms with Crippen molar-refractivity contribution in [3.05, 3.63) is 29.5 Å². The van der Waals surface area contributed by atoms with Gasteiger partial charge in [-0.05, 0) is 19.1 Å². The molecule has 0 bridgehead atoms. The first kappa shape index (κ1) is 8.81. The van der Waals surface area contributed by atoms with Crippen LogP contribution in [0.3, 0.4) is 0 Å². The number of hydrogen-bond acceptors (Lipinski definition) is 3. The molecule has 14 heavy (non-hydrogen) atoms. The Kier molecular flexibility index (Phi) is 2.00. The molecule has 0 spiro atoms. The Hall–Kier alpha value is -1.77. The Morgan fingerprint density at radius 1 is 1.43 bits per heavy atom. The summed E-state index contributed by atoms with van der Waals surface area (Å²) in [6, 6.07) is 5.83. The van der Waals surface area contributed by atoms with E-state index in [0.717, 1.165) is 28.5 Å². The zero-order chi connectivity index (χ0) is 10.1. The van der Waals surface area contributed by atoms with Gasteiger partial charge in [0, 0.05) is 12.4 Å². The molecule has 0 amide bonds. The number of fused-ring (bicyclic) bond motifs is 1. The van der Waals surface area contributed by atoms with Crippen molar-refractivity contribution in [3.63, 3.8) is 0 Å². The monoisotopic (exact) mass is 189 g/mol. The molecule has 72 valence electrons. The second-order valence-electron chi connectivity index (χ2n) is 3.21. The molecule has 3 nitrogen and oxygen atoms in total. The Bertz CT molecular complexity index is 485. The van der Waals surface area contributed by atoms with Crippen molar-refractivity contribution in [2.45, 2.75) is 6.92 Å². The van der Waals surface area contributed by atoms with Crippen molar-refractivity contribution >= 4 is 22.9 Å². The molecule has 1 aromatic carbocycles. The van der Waals surface area contributed by atoms with Crippen LogP contribution in [0.1, 0.15) is 16.1 Å². The molecular weight excluding hydrogens is 178 g/mol. The largest absolute Gasteiger partial charge is 0.451 e. The summed E-state index contributed by atoms with van der Waals surface area (Å²) in [5.41, 5.74) is 2.65. The Morgan fingerprint density at radius 2 is 2.21 bits per heavy atom. The van der Waals surface area contributed by atoms with Gasteiger partial charge in [-0.3, -0.25) is 4.79 Å². The predicted octanol–water partition coefficient (Wildman–Crippen LogP) is 2.60. The molecular formula is C11H11NO2. The van der Waals surface area contributed by atoms with E-state index in [1.54, 1.807) is 7.05 Å². The van der Waals surface area contributed by atoms with E-state index < -0.39 is 0 Å². The Labute approximate surface area is 81.7 Å². The van der Waals surface area contributed by atoms with E-state index in [1.807, 2.05) is 25.1 Å². The van der Waals surface area contributed by atoms with Crippen molar-refractivity contribution in [3.8, 4) is 0 Å². The van der Waals surface area contributed by atoms with Crippen molar-refractivity contribution < 1.29 is 9.21 Å². The third kappa shape index (κ3) is 1.18. The van der Waals surface area contributed by atoms with Crippen LogP contribution in [0.25, 0.3) is 11.0 Å². The van der Waals surface area contributed by atoms with Gasteiger partial charge < -0.3 is 9.73 Å². The highest BCUT2D eigenvalue weighted by molar-refractivity contribution is 5.99. The summed E-state index contributed by atoms with van der Waals surface area (Å²) >= 11 is 0. The lowest BCUT2D eigenvalue weighted by molar-refractivity contribution is 0.110. The topological polar surface area (TPSA) is 42.2 Å². The SMILES string of the molecule is CNc1c(C=O)oc2ccc(C)cc12. The number of anilines is 1. The molecule has 0 radical (unpaired) electrons. The maximum absolute atomic E-state index is 10.7. The van der Waals surface area contributed by atoms with Gasteiger partial charge in [0.05, 0.1) is 5.69 Å². The molecule has 1 heterocycles. The van der Waals surface area contributed by atoms with E-state index in [4.69, 9.17) is 4.42 Å². The molecule has 0 unspecified atom stereocenters. The molecule has 0 aliphatic carbocycles. The average molecular weight is 189 g/mol. The van der Waals surface area contributed by atoms with Crippen molar-refractivity contribution in [2.24, 2.45) is 0 Å². The molecule has 0 atom stereocenters. The van der Waals surface area contributed by atoms with E-state index in [2.05, 4.69) is 5.32 Å². The highest BCUT2D eigenvalue weighted by atomic mass is 16.3. The van der Waals surface area contributed by atoms with Crippen LogP contribution in [-0.2, 0) is 0 Å². The second kappa shape index (κ2) is 3.18. The molecule has 0 aliphatic heterocycles. The van der Waals surface area contributed by atoms with Gasteiger partial charge in [0.1, 0.15) is 5.58 Å². The van der Waals surface area contributed by atoms with Gasteiger partial charge in [-0.25, -0.2) is 0 Å². The number of aldehydes is 1. The number of hydrogen-bond donors (Lipinski definition) is 1. The first-order valence-corrected chi connectivity index (χ1v) is 4.42. The average Bonchev–Trinajstić information content (AvgIpc) is 2.54. The fourth-order valence-corrected chi connectivity index (χ4v) is 1.57. The highest BCUT2D eigenvalue weighted by Crippen LogP contribution is 2.29. The minimum absolute atomic E-state index is 0.355.